The molecule has 0 bridgehead atoms. The summed E-state index contributed by atoms with van der Waals surface area (Å²) in [4.78, 5) is 46.6. The number of ketones is 1. The van der Waals surface area contributed by atoms with E-state index in [1.807, 2.05) is 6.07 Å². The van der Waals surface area contributed by atoms with Crippen molar-refractivity contribution in [3.8, 4) is 0 Å². The van der Waals surface area contributed by atoms with Crippen LogP contribution in [-0.2, 0) is 16.1 Å². The van der Waals surface area contributed by atoms with Gasteiger partial charge >= 0.3 is 5.97 Å². The summed E-state index contributed by atoms with van der Waals surface area (Å²) in [6, 6.07) is 2.96. The third kappa shape index (κ3) is 4.30. The molecule has 0 aliphatic heterocycles. The Morgan fingerprint density at radius 2 is 1.89 bits per heavy atom. The number of nitrogens with one attached hydrogen (secondary N) is 1. The predicted octanol–water partition coefficient (Wildman–Crippen LogP) is 3.07. The maximum atomic E-state index is 13.3. The largest absolute Gasteiger partial charge is 0.464 e. The fourth-order valence-electron chi connectivity index (χ4n) is 3.20. The minimum Gasteiger partial charge on any atom is -0.464 e. The van der Waals surface area contributed by atoms with Crippen molar-refractivity contribution < 1.29 is 19.1 Å². The molecule has 0 aliphatic carbocycles. The molecule has 1 atom stereocenters. The first-order valence-electron chi connectivity index (χ1n) is 9.20. The second-order valence-corrected chi connectivity index (χ2v) is 7.14. The molecule has 0 unspecified atom stereocenters. The first-order valence-corrected chi connectivity index (χ1v) is 9.20. The Bertz CT molecular complexity index is 871. The van der Waals surface area contributed by atoms with Crippen molar-refractivity contribution in [1.82, 2.24) is 14.9 Å². The second-order valence-electron chi connectivity index (χ2n) is 7.14. The highest BCUT2D eigenvalue weighted by Crippen LogP contribution is 2.23. The number of aromatic amines is 1. The number of methoxy groups -OCH3 is 1. The first kappa shape index (κ1) is 21.3. The minimum atomic E-state index is -0.700. The Kier molecular flexibility index (Phi) is 6.72. The summed E-state index contributed by atoms with van der Waals surface area (Å²) in [7, 11) is 1.29. The normalized spacial score (nSPS) is 12.0. The average Bonchev–Trinajstić information content (AvgIpc) is 2.98. The molecule has 7 heteroatoms. The van der Waals surface area contributed by atoms with Crippen LogP contribution in [0.3, 0.4) is 0 Å². The van der Waals surface area contributed by atoms with Crippen LogP contribution in [-0.4, -0.2) is 45.7 Å². The van der Waals surface area contributed by atoms with E-state index in [9.17, 15) is 14.4 Å². The fourth-order valence-corrected chi connectivity index (χ4v) is 3.20. The van der Waals surface area contributed by atoms with Crippen LogP contribution in [0.25, 0.3) is 0 Å². The molecule has 0 spiro atoms. The topological polar surface area (TPSA) is 92.4 Å². The summed E-state index contributed by atoms with van der Waals surface area (Å²) in [6.45, 7) is 9.03. The van der Waals surface area contributed by atoms with E-state index in [1.54, 1.807) is 58.0 Å². The van der Waals surface area contributed by atoms with Crippen LogP contribution in [0.2, 0.25) is 0 Å². The van der Waals surface area contributed by atoms with E-state index >= 15 is 0 Å². The molecule has 2 heterocycles. The second kappa shape index (κ2) is 8.82. The first-order chi connectivity index (χ1) is 13.2. The van der Waals surface area contributed by atoms with Crippen LogP contribution in [0.4, 0.5) is 0 Å². The number of ether oxygens (including phenoxy) is 1. The van der Waals surface area contributed by atoms with Crippen molar-refractivity contribution in [3.05, 3.63) is 52.6 Å². The maximum absolute atomic E-state index is 13.3. The molecule has 0 aromatic carbocycles. The van der Waals surface area contributed by atoms with Crippen LogP contribution in [0.15, 0.2) is 24.5 Å². The summed E-state index contributed by atoms with van der Waals surface area (Å²) < 4.78 is 4.77. The number of aryl methyl sites for hydroxylation is 1. The van der Waals surface area contributed by atoms with Gasteiger partial charge in [0.05, 0.1) is 13.2 Å². The number of carbonyl (C=O) groups excluding carboxylic acids is 3. The van der Waals surface area contributed by atoms with Crippen molar-refractivity contribution in [2.75, 3.05) is 7.11 Å². The fraction of sp³-hybridized carbons (Fsp3) is 0.429. The number of nitrogens with zero attached hydrogens (tertiary/aromatic N) is 2. The Hall–Kier alpha value is -2.96. The number of pyridine rings is 1. The minimum absolute atomic E-state index is 0.122. The van der Waals surface area contributed by atoms with Crippen LogP contribution in [0.5, 0.6) is 0 Å². The number of esters is 1. The monoisotopic (exact) mass is 385 g/mol. The van der Waals surface area contributed by atoms with E-state index in [1.165, 1.54) is 7.11 Å². The van der Waals surface area contributed by atoms with Gasteiger partial charge in [-0.05, 0) is 38.0 Å². The standard InChI is InChI=1S/C21H27N3O4/c1-12(2)20(26)24(11-16-8-7-9-22-10-16)15(5)19(25)17-13(3)18(21(27)28-6)23-14(17)4/h7-10,12,15,23H,11H2,1-6H3/t15-/m0/s1. The SMILES string of the molecule is COC(=O)c1[nH]c(C)c(C(=O)[C@H](C)N(Cc2cccnc2)C(=O)C(C)C)c1C. The lowest BCUT2D eigenvalue weighted by Gasteiger charge is -2.30. The molecule has 2 aromatic heterocycles. The van der Waals surface area contributed by atoms with E-state index in [-0.39, 0.29) is 29.8 Å². The van der Waals surface area contributed by atoms with Gasteiger partial charge in [-0.1, -0.05) is 19.9 Å². The Labute approximate surface area is 165 Å². The Balaban J connectivity index is 2.40. The molecule has 0 saturated carbocycles. The zero-order valence-corrected chi connectivity index (χ0v) is 17.2. The van der Waals surface area contributed by atoms with Gasteiger partial charge in [-0.15, -0.1) is 0 Å². The van der Waals surface area contributed by atoms with Gasteiger partial charge in [-0.2, -0.15) is 0 Å². The van der Waals surface area contributed by atoms with Crippen LogP contribution < -0.4 is 0 Å². The molecule has 150 valence electrons. The zero-order chi connectivity index (χ0) is 21.0. The Morgan fingerprint density at radius 3 is 2.43 bits per heavy atom. The number of hydrogen-bond donors (Lipinski definition) is 1. The molecule has 0 aliphatic rings. The lowest BCUT2D eigenvalue weighted by molar-refractivity contribution is -0.136. The third-order valence-electron chi connectivity index (χ3n) is 4.77. The highest BCUT2D eigenvalue weighted by Gasteiger charge is 2.32. The van der Waals surface area contributed by atoms with Crippen LogP contribution in [0.1, 0.15) is 58.4 Å². The average molecular weight is 385 g/mol. The van der Waals surface area contributed by atoms with Gasteiger partial charge < -0.3 is 14.6 Å². The van der Waals surface area contributed by atoms with Gasteiger partial charge in [-0.25, -0.2) is 4.79 Å². The van der Waals surface area contributed by atoms with E-state index < -0.39 is 12.0 Å². The van der Waals surface area contributed by atoms with E-state index in [0.717, 1.165) is 5.56 Å². The van der Waals surface area contributed by atoms with Crippen molar-refractivity contribution in [2.24, 2.45) is 5.92 Å². The molecule has 1 N–H and O–H groups in total. The molecule has 1 amide bonds. The van der Waals surface area contributed by atoms with Gasteiger partial charge in [0, 0.05) is 36.1 Å². The van der Waals surface area contributed by atoms with E-state index in [4.69, 9.17) is 4.74 Å². The number of hydrogen-bond acceptors (Lipinski definition) is 5. The molecule has 7 nitrogen and oxygen atoms in total. The molecule has 28 heavy (non-hydrogen) atoms. The number of rotatable bonds is 7. The summed E-state index contributed by atoms with van der Waals surface area (Å²) in [6.07, 6.45) is 3.34. The molecule has 0 saturated heterocycles. The zero-order valence-electron chi connectivity index (χ0n) is 17.2. The molecular formula is C21H27N3O4. The van der Waals surface area contributed by atoms with Crippen LogP contribution in [0, 0.1) is 19.8 Å². The van der Waals surface area contributed by atoms with Gasteiger partial charge in [-0.3, -0.25) is 14.6 Å². The quantitative estimate of drug-likeness (QED) is 0.584. The van der Waals surface area contributed by atoms with Crippen molar-refractivity contribution in [1.29, 1.82) is 0 Å². The predicted molar refractivity (Wildman–Crippen MR) is 105 cm³/mol. The van der Waals surface area contributed by atoms with Crippen molar-refractivity contribution in [3.63, 3.8) is 0 Å². The van der Waals surface area contributed by atoms with Gasteiger partial charge in [0.2, 0.25) is 5.91 Å². The van der Waals surface area contributed by atoms with Crippen molar-refractivity contribution in [2.45, 2.75) is 47.2 Å². The smallest absolute Gasteiger partial charge is 0.354 e. The number of Topliss-reactive ketones (excluding diaryl/α,β-unsaturated/α-hetero) is 1. The summed E-state index contributed by atoms with van der Waals surface area (Å²) in [5.74, 6) is -1.13. The van der Waals surface area contributed by atoms with Crippen LogP contribution >= 0.6 is 0 Å². The lowest BCUT2D eigenvalue weighted by Crippen LogP contribution is -2.44. The maximum Gasteiger partial charge on any atom is 0.354 e. The highest BCUT2D eigenvalue weighted by atomic mass is 16.5. The number of amides is 1. The van der Waals surface area contributed by atoms with Gasteiger partial charge in [0.1, 0.15) is 5.69 Å². The molecule has 2 rings (SSSR count). The van der Waals surface area contributed by atoms with Gasteiger partial charge in [0.25, 0.3) is 0 Å². The molecular weight excluding hydrogens is 358 g/mol. The van der Waals surface area contributed by atoms with E-state index in [0.29, 0.717) is 16.8 Å². The number of carbonyl (C=O) groups is 3. The number of aromatic nitrogens is 2. The summed E-state index contributed by atoms with van der Waals surface area (Å²) >= 11 is 0. The molecule has 0 fully saturated rings. The summed E-state index contributed by atoms with van der Waals surface area (Å²) in [5.41, 5.74) is 2.62. The third-order valence-corrected chi connectivity index (χ3v) is 4.77. The summed E-state index contributed by atoms with van der Waals surface area (Å²) in [5, 5.41) is 0. The van der Waals surface area contributed by atoms with Gasteiger partial charge in [0.15, 0.2) is 5.78 Å². The number of H-pyrrole nitrogens is 1. The Morgan fingerprint density at radius 1 is 1.21 bits per heavy atom. The molecule has 2 aromatic rings. The van der Waals surface area contributed by atoms with Crippen molar-refractivity contribution >= 4 is 17.7 Å². The van der Waals surface area contributed by atoms with E-state index in [2.05, 4.69) is 9.97 Å². The molecule has 0 radical (unpaired) electrons. The lowest BCUT2D eigenvalue weighted by atomic mass is 9.98. The highest BCUT2D eigenvalue weighted by molar-refractivity contribution is 6.06.